The van der Waals surface area contributed by atoms with E-state index in [1.54, 1.807) is 26.2 Å². The molecule has 0 aliphatic heterocycles. The fraction of sp³-hybridized carbons (Fsp3) is 0.111. The Labute approximate surface area is 235 Å². The summed E-state index contributed by atoms with van der Waals surface area (Å²) in [5.41, 5.74) is 2.67. The molecule has 0 spiro atoms. The zero-order chi connectivity index (χ0) is 28.9. The molecule has 0 fully saturated rings. The van der Waals surface area contributed by atoms with Gasteiger partial charge in [0.05, 0.1) is 28.9 Å². The largest absolute Gasteiger partial charge is 0.497 e. The van der Waals surface area contributed by atoms with E-state index in [0.29, 0.717) is 28.9 Å². The summed E-state index contributed by atoms with van der Waals surface area (Å²) in [6, 6.07) is 21.8. The number of benzene rings is 4. The van der Waals surface area contributed by atoms with Gasteiger partial charge in [0.25, 0.3) is 10.1 Å². The van der Waals surface area contributed by atoms with E-state index in [2.05, 4.69) is 9.37 Å². The highest BCUT2D eigenvalue weighted by Gasteiger charge is 2.25. The Bertz CT molecular complexity index is 1700. The molecule has 0 aromatic heterocycles. The van der Waals surface area contributed by atoms with Crippen molar-refractivity contribution >= 4 is 32.0 Å². The molecule has 4 rings (SSSR count). The van der Waals surface area contributed by atoms with Crippen LogP contribution in [-0.4, -0.2) is 33.8 Å². The van der Waals surface area contributed by atoms with E-state index in [4.69, 9.17) is 14.7 Å². The first-order chi connectivity index (χ1) is 19.0. The number of rotatable bonds is 11. The first-order valence-electron chi connectivity index (χ1n) is 11.5. The summed E-state index contributed by atoms with van der Waals surface area (Å²) in [5.74, 6) is 0.787. The summed E-state index contributed by atoms with van der Waals surface area (Å²) in [5, 5.41) is 12.0. The predicted octanol–water partition coefficient (Wildman–Crippen LogP) is 5.89. The second kappa shape index (κ2) is 12.4. The van der Waals surface area contributed by atoms with Crippen molar-refractivity contribution in [2.75, 3.05) is 7.11 Å². The molecule has 0 bridgehead atoms. The van der Waals surface area contributed by atoms with Gasteiger partial charge in [-0.25, -0.2) is 13.7 Å². The van der Waals surface area contributed by atoms with Gasteiger partial charge in [0, 0.05) is 4.90 Å². The van der Waals surface area contributed by atoms with Crippen LogP contribution in [0.2, 0.25) is 0 Å². The summed E-state index contributed by atoms with van der Waals surface area (Å²) in [6.45, 7) is 1.69. The molecule has 0 unspecified atom stereocenters. The Hall–Kier alpha value is -3.43. The van der Waals surface area contributed by atoms with Gasteiger partial charge in [-0.3, -0.25) is 4.55 Å². The van der Waals surface area contributed by atoms with E-state index < -0.39 is 24.9 Å². The molecule has 0 atom stereocenters. The lowest BCUT2D eigenvalue weighted by Crippen LogP contribution is -2.07. The molecular formula is C27H24O10S3. The molecule has 2 N–H and O–H groups in total. The SMILES string of the molecule is COc1ccc(Cc2ccc(Oc3ccc(S(=O)(=O)c4ccc(C)c(SOOO)c4)cc3S(=O)(=O)O)cc2)cc1. The zero-order valence-electron chi connectivity index (χ0n) is 21.2. The third-order valence-electron chi connectivity index (χ3n) is 5.85. The lowest BCUT2D eigenvalue weighted by molar-refractivity contribution is -0.432. The Balaban J connectivity index is 1.59. The van der Waals surface area contributed by atoms with Crippen molar-refractivity contribution in [3.05, 3.63) is 102 Å². The van der Waals surface area contributed by atoms with Crippen molar-refractivity contribution in [3.8, 4) is 17.2 Å². The minimum absolute atomic E-state index is 0.176. The molecular weight excluding hydrogens is 580 g/mol. The highest BCUT2D eigenvalue weighted by atomic mass is 32.2. The van der Waals surface area contributed by atoms with E-state index in [9.17, 15) is 21.4 Å². The van der Waals surface area contributed by atoms with Crippen molar-refractivity contribution in [3.63, 3.8) is 0 Å². The van der Waals surface area contributed by atoms with Crippen LogP contribution in [0.1, 0.15) is 16.7 Å². The molecule has 10 nitrogen and oxygen atoms in total. The normalized spacial score (nSPS) is 11.8. The van der Waals surface area contributed by atoms with Crippen molar-refractivity contribution in [1.29, 1.82) is 0 Å². The Kier molecular flexibility index (Phi) is 9.15. The number of sulfone groups is 1. The summed E-state index contributed by atoms with van der Waals surface area (Å²) >= 11 is 0.589. The van der Waals surface area contributed by atoms with Crippen LogP contribution in [0.15, 0.2) is 105 Å². The molecule has 210 valence electrons. The zero-order valence-corrected chi connectivity index (χ0v) is 23.6. The maximum Gasteiger partial charge on any atom is 0.298 e. The fourth-order valence-corrected chi connectivity index (χ4v) is 6.33. The van der Waals surface area contributed by atoms with Gasteiger partial charge in [-0.05, 0) is 84.6 Å². The number of hydrogen-bond donors (Lipinski definition) is 2. The molecule has 13 heteroatoms. The van der Waals surface area contributed by atoms with Gasteiger partial charge in [0.2, 0.25) is 9.84 Å². The van der Waals surface area contributed by atoms with Crippen LogP contribution in [0.5, 0.6) is 17.2 Å². The number of methoxy groups -OCH3 is 1. The molecule has 0 heterocycles. The number of ether oxygens (including phenoxy) is 2. The fourth-order valence-electron chi connectivity index (χ4n) is 3.75. The molecule has 0 radical (unpaired) electrons. The van der Waals surface area contributed by atoms with Crippen LogP contribution in [0.4, 0.5) is 0 Å². The summed E-state index contributed by atoms with van der Waals surface area (Å²) < 4.78 is 76.1. The van der Waals surface area contributed by atoms with Gasteiger partial charge in [-0.15, -0.1) is 4.33 Å². The second-order valence-electron chi connectivity index (χ2n) is 8.51. The van der Waals surface area contributed by atoms with Gasteiger partial charge in [-0.1, -0.05) is 35.4 Å². The minimum Gasteiger partial charge on any atom is -0.497 e. The molecule has 4 aromatic carbocycles. The third kappa shape index (κ3) is 7.01. The quantitative estimate of drug-likeness (QED) is 0.0914. The van der Waals surface area contributed by atoms with Gasteiger partial charge in [-0.2, -0.15) is 8.42 Å². The first-order valence-corrected chi connectivity index (χ1v) is 15.2. The average molecular weight is 605 g/mol. The summed E-state index contributed by atoms with van der Waals surface area (Å²) in [4.78, 5) is -0.943. The average Bonchev–Trinajstić information content (AvgIpc) is 2.93. The molecule has 40 heavy (non-hydrogen) atoms. The van der Waals surface area contributed by atoms with Crippen LogP contribution in [0.3, 0.4) is 0 Å². The smallest absolute Gasteiger partial charge is 0.298 e. The van der Waals surface area contributed by atoms with E-state index in [0.717, 1.165) is 29.0 Å². The predicted molar refractivity (Wildman–Crippen MR) is 146 cm³/mol. The van der Waals surface area contributed by atoms with E-state index >= 15 is 0 Å². The minimum atomic E-state index is -4.87. The van der Waals surface area contributed by atoms with Crippen LogP contribution >= 0.6 is 12.0 Å². The molecule has 0 saturated heterocycles. The van der Waals surface area contributed by atoms with E-state index in [1.807, 2.05) is 36.4 Å². The van der Waals surface area contributed by atoms with Crippen molar-refractivity contribution in [1.82, 2.24) is 0 Å². The van der Waals surface area contributed by atoms with Crippen LogP contribution in [-0.2, 0) is 35.7 Å². The summed E-state index contributed by atoms with van der Waals surface area (Å²) in [7, 11) is -7.50. The molecule has 4 aromatic rings. The number of aryl methyl sites for hydroxylation is 1. The third-order valence-corrected chi connectivity index (χ3v) is 9.22. The second-order valence-corrected chi connectivity index (χ2v) is 12.6. The lowest BCUT2D eigenvalue weighted by atomic mass is 10.0. The van der Waals surface area contributed by atoms with E-state index in [-0.39, 0.29) is 21.3 Å². The summed E-state index contributed by atoms with van der Waals surface area (Å²) in [6.07, 6.45) is 0.644. The highest BCUT2D eigenvalue weighted by molar-refractivity contribution is 7.94. The highest BCUT2D eigenvalue weighted by Crippen LogP contribution is 2.34. The van der Waals surface area contributed by atoms with Gasteiger partial charge in [0.1, 0.15) is 22.1 Å². The first kappa shape index (κ1) is 29.6. The van der Waals surface area contributed by atoms with Crippen LogP contribution < -0.4 is 9.47 Å². The molecule has 0 saturated carbocycles. The van der Waals surface area contributed by atoms with Crippen molar-refractivity contribution < 1.29 is 45.5 Å². The van der Waals surface area contributed by atoms with E-state index in [1.165, 1.54) is 24.3 Å². The maximum atomic E-state index is 13.3. The topological polar surface area (TPSA) is 146 Å². The Morgan fingerprint density at radius 3 is 1.93 bits per heavy atom. The maximum absolute atomic E-state index is 13.3. The number of hydrogen-bond acceptors (Lipinski definition) is 10. The molecule has 0 aliphatic rings. The Morgan fingerprint density at radius 1 is 0.775 bits per heavy atom. The van der Waals surface area contributed by atoms with Crippen molar-refractivity contribution in [2.45, 2.75) is 32.9 Å². The van der Waals surface area contributed by atoms with Gasteiger partial charge < -0.3 is 9.47 Å². The standard InChI is InChI=1S/C27H24O10S3/c1-18-3-12-23(16-26(18)38-37-36-28)39(29,30)24-13-14-25(27(17-24)40(31,32)33)35-22-10-6-20(7-11-22)15-19-4-8-21(34-2)9-5-19/h3-14,16-17,28H,15H2,1-2H3,(H,31,32,33). The molecule has 0 amide bonds. The lowest BCUT2D eigenvalue weighted by Gasteiger charge is -2.13. The Morgan fingerprint density at radius 2 is 1.35 bits per heavy atom. The monoisotopic (exact) mass is 604 g/mol. The van der Waals surface area contributed by atoms with Crippen molar-refractivity contribution in [2.24, 2.45) is 0 Å². The van der Waals surface area contributed by atoms with Gasteiger partial charge in [0.15, 0.2) is 0 Å². The molecule has 0 aliphatic carbocycles. The van der Waals surface area contributed by atoms with Crippen LogP contribution in [0, 0.1) is 6.92 Å². The van der Waals surface area contributed by atoms with Crippen LogP contribution in [0.25, 0.3) is 0 Å². The van der Waals surface area contributed by atoms with Gasteiger partial charge >= 0.3 is 0 Å².